The van der Waals surface area contributed by atoms with Gasteiger partial charge in [-0.1, -0.05) is 30.3 Å². The highest BCUT2D eigenvalue weighted by Crippen LogP contribution is 2.22. The number of nitrogens with one attached hydrogen (secondary N) is 2. The van der Waals surface area contributed by atoms with Gasteiger partial charge in [0.1, 0.15) is 0 Å². The number of hydrogen-bond donors (Lipinski definition) is 2. The minimum absolute atomic E-state index is 0.0674. The smallest absolute Gasteiger partial charge is 0.230 e. The van der Waals surface area contributed by atoms with Crippen molar-refractivity contribution in [3.05, 3.63) is 59.7 Å². The summed E-state index contributed by atoms with van der Waals surface area (Å²) in [6, 6.07) is 14.7. The van der Waals surface area contributed by atoms with Crippen LogP contribution in [0.2, 0.25) is 0 Å². The first kappa shape index (κ1) is 19.3. The quantitative estimate of drug-likeness (QED) is 0.725. The lowest BCUT2D eigenvalue weighted by atomic mass is 10.1. The van der Waals surface area contributed by atoms with Gasteiger partial charge in [-0.3, -0.25) is 9.52 Å². The molecule has 2 N–H and O–H groups in total. The Bertz CT molecular complexity index is 851. The van der Waals surface area contributed by atoms with Crippen LogP contribution in [0, 0.1) is 6.92 Å². The molecule has 0 aromatic heterocycles. The van der Waals surface area contributed by atoms with Crippen molar-refractivity contribution in [3.8, 4) is 0 Å². The average molecular weight is 379 g/mol. The van der Waals surface area contributed by atoms with Crippen molar-refractivity contribution in [1.29, 1.82) is 0 Å². The molecule has 0 bridgehead atoms. The van der Waals surface area contributed by atoms with Crippen LogP contribution in [-0.2, 0) is 14.8 Å². The summed E-state index contributed by atoms with van der Waals surface area (Å²) in [5.41, 5.74) is 2.46. The van der Waals surface area contributed by atoms with E-state index < -0.39 is 10.0 Å². The van der Waals surface area contributed by atoms with Crippen molar-refractivity contribution in [2.75, 3.05) is 16.7 Å². The fourth-order valence-electron chi connectivity index (χ4n) is 2.31. The Labute approximate surface area is 153 Å². The third kappa shape index (κ3) is 6.43. The van der Waals surface area contributed by atoms with Gasteiger partial charge in [-0.2, -0.15) is 0 Å². The molecular weight excluding hydrogens is 356 g/mol. The molecule has 0 fully saturated rings. The first-order valence-corrected chi connectivity index (χ1v) is 10.7. The summed E-state index contributed by atoms with van der Waals surface area (Å²) in [4.78, 5) is 13.3. The molecule has 2 aromatic carbocycles. The standard InChI is InChI=1S/C18H22N2O3S2/c1-13-7-4-5-10-17(13)24-12-18(21)19-14(2)15-8-6-9-16(11-15)20-25(3,22)23/h4-11,14,20H,12H2,1-3H3,(H,19,21)/t14-/m0/s1. The normalized spacial score (nSPS) is 12.4. The number of thioether (sulfide) groups is 1. The molecule has 7 heteroatoms. The van der Waals surface area contributed by atoms with E-state index in [0.717, 1.165) is 22.3 Å². The Hall–Kier alpha value is -1.99. The molecule has 5 nitrogen and oxygen atoms in total. The van der Waals surface area contributed by atoms with Gasteiger partial charge >= 0.3 is 0 Å². The summed E-state index contributed by atoms with van der Waals surface area (Å²) >= 11 is 1.50. The number of carbonyl (C=O) groups excluding carboxylic acids is 1. The first-order chi connectivity index (χ1) is 11.7. The van der Waals surface area contributed by atoms with E-state index in [0.29, 0.717) is 11.4 Å². The van der Waals surface area contributed by atoms with Gasteiger partial charge in [-0.25, -0.2) is 8.42 Å². The zero-order valence-electron chi connectivity index (χ0n) is 14.4. The third-order valence-corrected chi connectivity index (χ3v) is 5.30. The SMILES string of the molecule is Cc1ccccc1SCC(=O)N[C@@H](C)c1cccc(NS(C)(=O)=O)c1. The maximum atomic E-state index is 12.2. The highest BCUT2D eigenvalue weighted by atomic mass is 32.2. The largest absolute Gasteiger partial charge is 0.349 e. The van der Waals surface area contributed by atoms with Gasteiger partial charge in [0.05, 0.1) is 18.1 Å². The molecule has 0 heterocycles. The van der Waals surface area contributed by atoms with E-state index in [9.17, 15) is 13.2 Å². The van der Waals surface area contributed by atoms with Crippen molar-refractivity contribution >= 4 is 33.4 Å². The molecule has 0 unspecified atom stereocenters. The predicted molar refractivity (Wildman–Crippen MR) is 103 cm³/mol. The molecule has 0 aliphatic heterocycles. The van der Waals surface area contributed by atoms with Crippen molar-refractivity contribution in [2.24, 2.45) is 0 Å². The lowest BCUT2D eigenvalue weighted by Gasteiger charge is -2.16. The highest BCUT2D eigenvalue weighted by Gasteiger charge is 2.12. The molecule has 1 atom stereocenters. The molecule has 0 aliphatic carbocycles. The maximum absolute atomic E-state index is 12.2. The fraction of sp³-hybridized carbons (Fsp3) is 0.278. The summed E-state index contributed by atoms with van der Waals surface area (Å²) in [5, 5.41) is 2.94. The summed E-state index contributed by atoms with van der Waals surface area (Å²) in [6.45, 7) is 3.89. The van der Waals surface area contributed by atoms with Gasteiger partial charge in [-0.05, 0) is 43.2 Å². The van der Waals surface area contributed by atoms with Crippen LogP contribution in [0.15, 0.2) is 53.4 Å². The van der Waals surface area contributed by atoms with Gasteiger partial charge in [0.25, 0.3) is 0 Å². The number of amides is 1. The fourth-order valence-corrected chi connectivity index (χ4v) is 3.71. The Morgan fingerprint density at radius 2 is 1.88 bits per heavy atom. The Morgan fingerprint density at radius 1 is 1.16 bits per heavy atom. The molecule has 0 saturated carbocycles. The Balaban J connectivity index is 1.95. The summed E-state index contributed by atoms with van der Waals surface area (Å²) < 4.78 is 25.1. The predicted octanol–water partition coefficient (Wildman–Crippen LogP) is 3.34. The van der Waals surface area contributed by atoms with Crippen molar-refractivity contribution in [1.82, 2.24) is 5.32 Å². The highest BCUT2D eigenvalue weighted by molar-refractivity contribution is 8.00. The van der Waals surface area contributed by atoms with Gasteiger partial charge < -0.3 is 5.32 Å². The van der Waals surface area contributed by atoms with Crippen LogP contribution in [0.3, 0.4) is 0 Å². The summed E-state index contributed by atoms with van der Waals surface area (Å²) in [7, 11) is -3.33. The van der Waals surface area contributed by atoms with E-state index >= 15 is 0 Å². The second-order valence-electron chi connectivity index (χ2n) is 5.84. The third-order valence-electron chi connectivity index (χ3n) is 3.52. The summed E-state index contributed by atoms with van der Waals surface area (Å²) in [5.74, 6) is 0.262. The molecule has 25 heavy (non-hydrogen) atoms. The molecule has 1 amide bonds. The minimum Gasteiger partial charge on any atom is -0.349 e. The summed E-state index contributed by atoms with van der Waals surface area (Å²) in [6.07, 6.45) is 1.10. The molecule has 2 aromatic rings. The zero-order chi connectivity index (χ0) is 18.4. The van der Waals surface area contributed by atoms with E-state index in [-0.39, 0.29) is 11.9 Å². The molecule has 0 aliphatic rings. The number of carbonyl (C=O) groups is 1. The van der Waals surface area contributed by atoms with Crippen LogP contribution in [-0.4, -0.2) is 26.3 Å². The van der Waals surface area contributed by atoms with Crippen LogP contribution in [0.5, 0.6) is 0 Å². The van der Waals surface area contributed by atoms with Crippen LogP contribution >= 0.6 is 11.8 Å². The first-order valence-electron chi connectivity index (χ1n) is 7.80. The molecular formula is C18H22N2O3S2. The van der Waals surface area contributed by atoms with Gasteiger partial charge in [0.2, 0.25) is 15.9 Å². The number of hydrogen-bond acceptors (Lipinski definition) is 4. The Morgan fingerprint density at radius 3 is 2.56 bits per heavy atom. The average Bonchev–Trinajstić information content (AvgIpc) is 2.52. The van der Waals surface area contributed by atoms with Crippen molar-refractivity contribution in [3.63, 3.8) is 0 Å². The number of sulfonamides is 1. The number of rotatable bonds is 7. The van der Waals surface area contributed by atoms with Crippen LogP contribution in [0.25, 0.3) is 0 Å². The van der Waals surface area contributed by atoms with Crippen molar-refractivity contribution in [2.45, 2.75) is 24.8 Å². The molecule has 0 radical (unpaired) electrons. The second kappa shape index (κ2) is 8.40. The number of aryl methyl sites for hydroxylation is 1. The van der Waals surface area contributed by atoms with E-state index in [1.165, 1.54) is 11.8 Å². The van der Waals surface area contributed by atoms with E-state index in [4.69, 9.17) is 0 Å². The lowest BCUT2D eigenvalue weighted by Crippen LogP contribution is -2.28. The topological polar surface area (TPSA) is 75.3 Å². The molecule has 2 rings (SSSR count). The van der Waals surface area contributed by atoms with Gasteiger partial charge in [0, 0.05) is 10.6 Å². The zero-order valence-corrected chi connectivity index (χ0v) is 16.1. The number of anilines is 1. The second-order valence-corrected chi connectivity index (χ2v) is 8.61. The van der Waals surface area contributed by atoms with Crippen LogP contribution in [0.4, 0.5) is 5.69 Å². The Kier molecular flexibility index (Phi) is 6.50. The van der Waals surface area contributed by atoms with Crippen LogP contribution in [0.1, 0.15) is 24.1 Å². The van der Waals surface area contributed by atoms with Crippen LogP contribution < -0.4 is 10.0 Å². The van der Waals surface area contributed by atoms with E-state index in [1.54, 1.807) is 18.2 Å². The molecule has 0 saturated heterocycles. The van der Waals surface area contributed by atoms with Crippen molar-refractivity contribution < 1.29 is 13.2 Å². The molecule has 0 spiro atoms. The van der Waals surface area contributed by atoms with E-state index in [1.807, 2.05) is 44.2 Å². The monoisotopic (exact) mass is 378 g/mol. The maximum Gasteiger partial charge on any atom is 0.230 e. The molecule has 134 valence electrons. The minimum atomic E-state index is -3.33. The van der Waals surface area contributed by atoms with Gasteiger partial charge in [0.15, 0.2) is 0 Å². The van der Waals surface area contributed by atoms with E-state index in [2.05, 4.69) is 10.0 Å². The number of benzene rings is 2. The lowest BCUT2D eigenvalue weighted by molar-refractivity contribution is -0.119. The van der Waals surface area contributed by atoms with Gasteiger partial charge in [-0.15, -0.1) is 11.8 Å².